The van der Waals surface area contributed by atoms with Gasteiger partial charge in [-0.05, 0) is 25.2 Å². The first-order valence-corrected chi connectivity index (χ1v) is 5.46. The molecule has 0 aromatic rings. The lowest BCUT2D eigenvalue weighted by atomic mass is 10.0. The predicted octanol–water partition coefficient (Wildman–Crippen LogP) is 1.58. The molecule has 1 aliphatic heterocycles. The number of nitrogens with two attached hydrogens (primary N) is 2. The third kappa shape index (κ3) is 3.15. The van der Waals surface area contributed by atoms with E-state index in [1.54, 1.807) is 0 Å². The van der Waals surface area contributed by atoms with Gasteiger partial charge in [0, 0.05) is 0 Å². The Morgan fingerprint density at radius 2 is 2.19 bits per heavy atom. The Labute approximate surface area is 96.8 Å². The lowest BCUT2D eigenvalue weighted by molar-refractivity contribution is 0.602. The molecule has 16 heavy (non-hydrogen) atoms. The highest BCUT2D eigenvalue weighted by Gasteiger charge is 2.13. The van der Waals surface area contributed by atoms with Gasteiger partial charge in [0.15, 0.2) is 5.96 Å². The summed E-state index contributed by atoms with van der Waals surface area (Å²) in [5.41, 5.74) is 13.6. The van der Waals surface area contributed by atoms with Crippen molar-refractivity contribution in [1.82, 2.24) is 5.32 Å². The summed E-state index contributed by atoms with van der Waals surface area (Å²) in [4.78, 5) is 4.19. The summed E-state index contributed by atoms with van der Waals surface area (Å²) in [6.07, 6.45) is 4.88. The van der Waals surface area contributed by atoms with Crippen molar-refractivity contribution in [2.75, 3.05) is 0 Å². The van der Waals surface area contributed by atoms with Crippen molar-refractivity contribution in [2.45, 2.75) is 26.2 Å². The molecule has 1 rings (SSSR count). The zero-order valence-electron chi connectivity index (χ0n) is 9.79. The Balaban J connectivity index is 2.56. The van der Waals surface area contributed by atoms with Crippen LogP contribution in [-0.4, -0.2) is 5.96 Å². The van der Waals surface area contributed by atoms with Crippen molar-refractivity contribution in [3.63, 3.8) is 0 Å². The smallest absolute Gasteiger partial charge is 0.198 e. The van der Waals surface area contributed by atoms with Gasteiger partial charge in [-0.2, -0.15) is 0 Å². The van der Waals surface area contributed by atoms with E-state index in [4.69, 9.17) is 11.5 Å². The van der Waals surface area contributed by atoms with Gasteiger partial charge in [0.25, 0.3) is 0 Å². The number of aliphatic imine (C=N–C) groups is 1. The van der Waals surface area contributed by atoms with Crippen molar-refractivity contribution in [3.05, 3.63) is 36.3 Å². The fourth-order valence-corrected chi connectivity index (χ4v) is 1.53. The second-order valence-electron chi connectivity index (χ2n) is 4.07. The Morgan fingerprint density at radius 1 is 1.50 bits per heavy atom. The van der Waals surface area contributed by atoms with Crippen LogP contribution in [0.2, 0.25) is 0 Å². The maximum atomic E-state index is 5.87. The van der Waals surface area contributed by atoms with E-state index in [2.05, 4.69) is 30.4 Å². The summed E-state index contributed by atoms with van der Waals surface area (Å²) >= 11 is 0. The molecule has 0 bridgehead atoms. The first-order valence-electron chi connectivity index (χ1n) is 5.46. The fourth-order valence-electron chi connectivity index (χ4n) is 1.53. The van der Waals surface area contributed by atoms with Gasteiger partial charge in [-0.15, -0.1) is 6.58 Å². The molecule has 0 radical (unpaired) electrons. The monoisotopic (exact) mass is 220 g/mol. The number of hydrogen-bond acceptors (Lipinski definition) is 4. The van der Waals surface area contributed by atoms with Crippen LogP contribution in [0.15, 0.2) is 41.3 Å². The van der Waals surface area contributed by atoms with Crippen LogP contribution >= 0.6 is 0 Å². The van der Waals surface area contributed by atoms with Crippen LogP contribution < -0.4 is 16.8 Å². The molecular formula is C12H20N4. The van der Waals surface area contributed by atoms with Crippen molar-refractivity contribution < 1.29 is 0 Å². The van der Waals surface area contributed by atoms with Crippen molar-refractivity contribution in [3.8, 4) is 0 Å². The summed E-state index contributed by atoms with van der Waals surface area (Å²) < 4.78 is 0. The molecule has 88 valence electrons. The second-order valence-corrected chi connectivity index (χ2v) is 4.07. The molecule has 1 atom stereocenters. The largest absolute Gasteiger partial charge is 0.396 e. The molecular weight excluding hydrogens is 200 g/mol. The van der Waals surface area contributed by atoms with Gasteiger partial charge < -0.3 is 16.8 Å². The molecule has 5 N–H and O–H groups in total. The topological polar surface area (TPSA) is 76.4 Å². The summed E-state index contributed by atoms with van der Waals surface area (Å²) in [6.45, 7) is 9.68. The Kier molecular flexibility index (Phi) is 4.17. The van der Waals surface area contributed by atoms with Gasteiger partial charge in [-0.1, -0.05) is 19.6 Å². The molecule has 1 heterocycles. The molecule has 1 aliphatic rings. The molecule has 1 unspecified atom stereocenters. The van der Waals surface area contributed by atoms with Crippen molar-refractivity contribution in [2.24, 2.45) is 22.4 Å². The molecule has 4 nitrogen and oxygen atoms in total. The van der Waals surface area contributed by atoms with Gasteiger partial charge in [-0.25, -0.2) is 4.99 Å². The predicted molar refractivity (Wildman–Crippen MR) is 68.3 cm³/mol. The highest BCUT2D eigenvalue weighted by atomic mass is 15.1. The van der Waals surface area contributed by atoms with Crippen LogP contribution in [0.25, 0.3) is 0 Å². The van der Waals surface area contributed by atoms with E-state index in [1.807, 2.05) is 6.08 Å². The average molecular weight is 220 g/mol. The van der Waals surface area contributed by atoms with Crippen LogP contribution in [0.1, 0.15) is 26.2 Å². The molecule has 0 amide bonds. The normalized spacial score (nSPS) is 17.8. The highest BCUT2D eigenvalue weighted by Crippen LogP contribution is 2.19. The minimum Gasteiger partial charge on any atom is -0.396 e. The molecule has 4 heteroatoms. The van der Waals surface area contributed by atoms with E-state index in [0.29, 0.717) is 23.3 Å². The Bertz CT molecular complexity index is 352. The number of hydrogen-bond donors (Lipinski definition) is 3. The number of rotatable bonds is 5. The van der Waals surface area contributed by atoms with Gasteiger partial charge in [0.2, 0.25) is 0 Å². The molecule has 0 saturated carbocycles. The van der Waals surface area contributed by atoms with E-state index in [0.717, 1.165) is 25.0 Å². The molecule has 0 fully saturated rings. The van der Waals surface area contributed by atoms with Crippen LogP contribution in [0.3, 0.4) is 0 Å². The summed E-state index contributed by atoms with van der Waals surface area (Å²) in [6, 6.07) is 0. The van der Waals surface area contributed by atoms with Crippen molar-refractivity contribution >= 4 is 5.96 Å². The lowest BCUT2D eigenvalue weighted by Crippen LogP contribution is -2.36. The lowest BCUT2D eigenvalue weighted by Gasteiger charge is -2.18. The van der Waals surface area contributed by atoms with E-state index in [-0.39, 0.29) is 0 Å². The number of allylic oxidation sites excluding steroid dienone is 2. The SMILES string of the molecule is C=CC(C)CCCC1=C(N)C(=C)NC(N)=N1. The quantitative estimate of drug-likeness (QED) is 0.616. The first-order chi connectivity index (χ1) is 7.54. The van der Waals surface area contributed by atoms with Crippen LogP contribution in [0, 0.1) is 5.92 Å². The van der Waals surface area contributed by atoms with E-state index < -0.39 is 0 Å². The zero-order valence-corrected chi connectivity index (χ0v) is 9.79. The van der Waals surface area contributed by atoms with E-state index in [9.17, 15) is 0 Å². The van der Waals surface area contributed by atoms with Gasteiger partial charge >= 0.3 is 0 Å². The highest BCUT2D eigenvalue weighted by molar-refractivity contribution is 5.83. The van der Waals surface area contributed by atoms with Gasteiger partial charge in [0.05, 0.1) is 17.1 Å². The first kappa shape index (κ1) is 12.4. The molecule has 0 aliphatic carbocycles. The third-order valence-corrected chi connectivity index (χ3v) is 2.65. The standard InChI is InChI=1S/C12H20N4/c1-4-8(2)6-5-7-10-11(13)9(3)15-12(14)16-10/h4,8H,1,3,5-7,13H2,2H3,(H3,14,15,16). The summed E-state index contributed by atoms with van der Waals surface area (Å²) in [5.74, 6) is 0.888. The number of nitrogens with zero attached hydrogens (tertiary/aromatic N) is 1. The summed E-state index contributed by atoms with van der Waals surface area (Å²) in [7, 11) is 0. The Morgan fingerprint density at radius 3 is 2.81 bits per heavy atom. The van der Waals surface area contributed by atoms with Crippen LogP contribution in [0.5, 0.6) is 0 Å². The maximum absolute atomic E-state index is 5.87. The summed E-state index contributed by atoms with van der Waals surface area (Å²) in [5, 5.41) is 2.80. The average Bonchev–Trinajstić information content (AvgIpc) is 2.24. The van der Waals surface area contributed by atoms with Crippen LogP contribution in [-0.2, 0) is 0 Å². The molecule has 0 aromatic heterocycles. The van der Waals surface area contributed by atoms with E-state index in [1.165, 1.54) is 0 Å². The minimum atomic E-state index is 0.367. The third-order valence-electron chi connectivity index (χ3n) is 2.65. The van der Waals surface area contributed by atoms with Gasteiger partial charge in [-0.3, -0.25) is 0 Å². The fraction of sp³-hybridized carbons (Fsp3) is 0.417. The Hall–Kier alpha value is -1.71. The number of guanidine groups is 1. The second kappa shape index (κ2) is 5.39. The van der Waals surface area contributed by atoms with Crippen LogP contribution in [0.4, 0.5) is 0 Å². The zero-order chi connectivity index (χ0) is 12.1. The van der Waals surface area contributed by atoms with Crippen molar-refractivity contribution in [1.29, 1.82) is 0 Å². The minimum absolute atomic E-state index is 0.367. The maximum Gasteiger partial charge on any atom is 0.198 e. The molecule has 0 aromatic carbocycles. The number of nitrogens with one attached hydrogen (secondary N) is 1. The molecule has 0 saturated heterocycles. The van der Waals surface area contributed by atoms with E-state index >= 15 is 0 Å². The molecule has 0 spiro atoms. The van der Waals surface area contributed by atoms with Gasteiger partial charge in [0.1, 0.15) is 0 Å².